The molecule has 18 heavy (non-hydrogen) atoms. The Bertz CT molecular complexity index is 450. The molecule has 0 saturated carbocycles. The summed E-state index contributed by atoms with van der Waals surface area (Å²) in [6, 6.07) is 1.71. The Kier molecular flexibility index (Phi) is 3.36. The molecule has 98 valence electrons. The van der Waals surface area contributed by atoms with Crippen LogP contribution in [0, 0.1) is 0 Å². The van der Waals surface area contributed by atoms with Crippen molar-refractivity contribution in [3.05, 3.63) is 22.3 Å². The molecule has 1 spiro atoms. The molecule has 2 fully saturated rings. The van der Waals surface area contributed by atoms with Gasteiger partial charge in [0.15, 0.2) is 5.79 Å². The third-order valence-corrected chi connectivity index (χ3v) is 3.80. The van der Waals surface area contributed by atoms with Gasteiger partial charge in [-0.3, -0.25) is 0 Å². The third-order valence-electron chi connectivity index (χ3n) is 3.32. The van der Waals surface area contributed by atoms with E-state index in [1.165, 1.54) is 0 Å². The molecular formula is C12H14Cl2N2O2. The van der Waals surface area contributed by atoms with Gasteiger partial charge in [0.05, 0.1) is 29.8 Å². The monoisotopic (exact) mass is 288 g/mol. The minimum atomic E-state index is -0.469. The summed E-state index contributed by atoms with van der Waals surface area (Å²) in [6.45, 7) is 2.90. The average Bonchev–Trinajstić information content (AvgIpc) is 2.77. The summed E-state index contributed by atoms with van der Waals surface area (Å²) in [5.41, 5.74) is 0. The molecule has 0 aliphatic carbocycles. The van der Waals surface area contributed by atoms with E-state index in [0.29, 0.717) is 29.8 Å². The van der Waals surface area contributed by atoms with E-state index in [1.54, 1.807) is 12.3 Å². The SMILES string of the molecule is Clc1cnc(N2CCCC3(C2)OCCO3)c(Cl)c1. The van der Waals surface area contributed by atoms with Gasteiger partial charge in [-0.25, -0.2) is 4.98 Å². The standard InChI is InChI=1S/C12H14Cl2N2O2/c13-9-6-10(14)11(15-7-9)16-3-1-2-12(8-16)17-4-5-18-12/h6-7H,1-5,8H2. The van der Waals surface area contributed by atoms with Crippen molar-refractivity contribution < 1.29 is 9.47 Å². The lowest BCUT2D eigenvalue weighted by Crippen LogP contribution is -2.49. The molecule has 0 atom stereocenters. The van der Waals surface area contributed by atoms with Crippen LogP contribution < -0.4 is 4.90 Å². The van der Waals surface area contributed by atoms with Crippen molar-refractivity contribution in [1.29, 1.82) is 0 Å². The molecule has 0 radical (unpaired) electrons. The summed E-state index contributed by atoms with van der Waals surface area (Å²) in [6.07, 6.45) is 3.54. The van der Waals surface area contributed by atoms with Gasteiger partial charge in [0, 0.05) is 19.2 Å². The van der Waals surface area contributed by atoms with Gasteiger partial charge >= 0.3 is 0 Å². The van der Waals surface area contributed by atoms with E-state index in [4.69, 9.17) is 32.7 Å². The molecule has 0 unspecified atom stereocenters. The number of hydrogen-bond donors (Lipinski definition) is 0. The van der Waals surface area contributed by atoms with Crippen molar-refractivity contribution >= 4 is 29.0 Å². The van der Waals surface area contributed by atoms with Crippen LogP contribution in [-0.4, -0.2) is 37.1 Å². The van der Waals surface area contributed by atoms with Crippen LogP contribution in [0.2, 0.25) is 10.0 Å². The number of pyridine rings is 1. The number of rotatable bonds is 1. The molecule has 2 saturated heterocycles. The molecule has 2 aliphatic rings. The number of nitrogens with zero attached hydrogens (tertiary/aromatic N) is 2. The minimum absolute atomic E-state index is 0.469. The zero-order valence-electron chi connectivity index (χ0n) is 9.86. The van der Waals surface area contributed by atoms with Gasteiger partial charge < -0.3 is 14.4 Å². The van der Waals surface area contributed by atoms with E-state index < -0.39 is 5.79 Å². The van der Waals surface area contributed by atoms with E-state index in [9.17, 15) is 0 Å². The molecule has 3 rings (SSSR count). The van der Waals surface area contributed by atoms with E-state index in [2.05, 4.69) is 9.88 Å². The second-order valence-electron chi connectivity index (χ2n) is 4.59. The quantitative estimate of drug-likeness (QED) is 0.796. The van der Waals surface area contributed by atoms with Crippen LogP contribution in [-0.2, 0) is 9.47 Å². The van der Waals surface area contributed by atoms with Crippen molar-refractivity contribution in [2.75, 3.05) is 31.2 Å². The topological polar surface area (TPSA) is 34.6 Å². The summed E-state index contributed by atoms with van der Waals surface area (Å²) in [5.74, 6) is 0.280. The zero-order chi connectivity index (χ0) is 12.6. The lowest BCUT2D eigenvalue weighted by Gasteiger charge is -2.39. The largest absolute Gasteiger partial charge is 0.350 e. The predicted molar refractivity (Wildman–Crippen MR) is 70.3 cm³/mol. The molecule has 3 heterocycles. The van der Waals surface area contributed by atoms with Crippen molar-refractivity contribution in [2.24, 2.45) is 0 Å². The number of piperidine rings is 1. The van der Waals surface area contributed by atoms with Crippen LogP contribution >= 0.6 is 23.2 Å². The van der Waals surface area contributed by atoms with Crippen molar-refractivity contribution in [2.45, 2.75) is 18.6 Å². The smallest absolute Gasteiger partial charge is 0.186 e. The molecule has 0 amide bonds. The first-order valence-electron chi connectivity index (χ1n) is 6.02. The number of anilines is 1. The second kappa shape index (κ2) is 4.85. The molecule has 0 N–H and O–H groups in total. The highest BCUT2D eigenvalue weighted by Crippen LogP contribution is 2.34. The first-order chi connectivity index (χ1) is 8.69. The summed E-state index contributed by atoms with van der Waals surface area (Å²) in [5, 5.41) is 1.11. The minimum Gasteiger partial charge on any atom is -0.350 e. The lowest BCUT2D eigenvalue weighted by atomic mass is 10.0. The van der Waals surface area contributed by atoms with Gasteiger partial charge in [0.25, 0.3) is 0 Å². The zero-order valence-corrected chi connectivity index (χ0v) is 11.4. The molecule has 0 bridgehead atoms. The number of ether oxygens (including phenoxy) is 2. The molecule has 1 aromatic rings. The Balaban J connectivity index is 1.83. The van der Waals surface area contributed by atoms with Crippen LogP contribution in [0.15, 0.2) is 12.3 Å². The molecule has 6 heteroatoms. The normalized spacial score (nSPS) is 22.7. The van der Waals surface area contributed by atoms with E-state index >= 15 is 0 Å². The Morgan fingerprint density at radius 2 is 2.06 bits per heavy atom. The Labute approximate surface area is 116 Å². The number of halogens is 2. The van der Waals surface area contributed by atoms with Gasteiger partial charge in [-0.2, -0.15) is 0 Å². The van der Waals surface area contributed by atoms with Crippen molar-refractivity contribution in [3.8, 4) is 0 Å². The van der Waals surface area contributed by atoms with Gasteiger partial charge in [-0.1, -0.05) is 23.2 Å². The summed E-state index contributed by atoms with van der Waals surface area (Å²) in [4.78, 5) is 6.41. The maximum atomic E-state index is 6.19. The number of aromatic nitrogens is 1. The first-order valence-corrected chi connectivity index (χ1v) is 6.78. The van der Waals surface area contributed by atoms with Gasteiger partial charge in [0.1, 0.15) is 5.82 Å². The highest BCUT2D eigenvalue weighted by atomic mass is 35.5. The Morgan fingerprint density at radius 3 is 2.78 bits per heavy atom. The van der Waals surface area contributed by atoms with Crippen LogP contribution in [0.25, 0.3) is 0 Å². The Morgan fingerprint density at radius 1 is 1.28 bits per heavy atom. The highest BCUT2D eigenvalue weighted by molar-refractivity contribution is 6.36. The molecule has 2 aliphatic heterocycles. The second-order valence-corrected chi connectivity index (χ2v) is 5.44. The predicted octanol–water partition coefficient (Wildman–Crippen LogP) is 2.73. The molecule has 4 nitrogen and oxygen atoms in total. The first kappa shape index (κ1) is 12.5. The van der Waals surface area contributed by atoms with Gasteiger partial charge in [-0.05, 0) is 12.5 Å². The van der Waals surface area contributed by atoms with E-state index in [1.807, 2.05) is 0 Å². The van der Waals surface area contributed by atoms with Crippen LogP contribution in [0.5, 0.6) is 0 Å². The molecule has 0 aromatic carbocycles. The molecular weight excluding hydrogens is 275 g/mol. The maximum Gasteiger partial charge on any atom is 0.186 e. The Hall–Kier alpha value is -0.550. The fourth-order valence-electron chi connectivity index (χ4n) is 2.54. The third kappa shape index (κ3) is 2.30. The van der Waals surface area contributed by atoms with Gasteiger partial charge in [0.2, 0.25) is 0 Å². The van der Waals surface area contributed by atoms with Crippen LogP contribution in [0.1, 0.15) is 12.8 Å². The average molecular weight is 289 g/mol. The molecule has 1 aromatic heterocycles. The summed E-state index contributed by atoms with van der Waals surface area (Å²) < 4.78 is 11.5. The van der Waals surface area contributed by atoms with Crippen LogP contribution in [0.3, 0.4) is 0 Å². The maximum absolute atomic E-state index is 6.19. The van der Waals surface area contributed by atoms with Crippen molar-refractivity contribution in [1.82, 2.24) is 4.98 Å². The summed E-state index contributed by atoms with van der Waals surface area (Å²) >= 11 is 12.0. The lowest BCUT2D eigenvalue weighted by molar-refractivity contribution is -0.161. The van der Waals surface area contributed by atoms with E-state index in [0.717, 1.165) is 25.2 Å². The number of hydrogen-bond acceptors (Lipinski definition) is 4. The highest BCUT2D eigenvalue weighted by Gasteiger charge is 2.41. The van der Waals surface area contributed by atoms with Gasteiger partial charge in [-0.15, -0.1) is 0 Å². The van der Waals surface area contributed by atoms with Crippen molar-refractivity contribution in [3.63, 3.8) is 0 Å². The van der Waals surface area contributed by atoms with E-state index in [-0.39, 0.29) is 0 Å². The fraction of sp³-hybridized carbons (Fsp3) is 0.583. The fourth-order valence-corrected chi connectivity index (χ4v) is 3.04. The van der Waals surface area contributed by atoms with Crippen LogP contribution in [0.4, 0.5) is 5.82 Å². The summed E-state index contributed by atoms with van der Waals surface area (Å²) in [7, 11) is 0.